The maximum absolute atomic E-state index is 13.1. The van der Waals surface area contributed by atoms with Crippen LogP contribution in [0.2, 0.25) is 5.02 Å². The van der Waals surface area contributed by atoms with Crippen LogP contribution in [0.15, 0.2) is 35.5 Å². The van der Waals surface area contributed by atoms with Gasteiger partial charge in [0, 0.05) is 49.4 Å². The van der Waals surface area contributed by atoms with Gasteiger partial charge in [0.15, 0.2) is 0 Å². The second-order valence-corrected chi connectivity index (χ2v) is 8.14. The smallest absolute Gasteiger partial charge is 0.246 e. The van der Waals surface area contributed by atoms with Crippen LogP contribution >= 0.6 is 11.6 Å². The average Bonchev–Trinajstić information content (AvgIpc) is 3.04. The van der Waals surface area contributed by atoms with E-state index in [4.69, 9.17) is 16.3 Å². The molecule has 0 saturated carbocycles. The third kappa shape index (κ3) is 3.62. The van der Waals surface area contributed by atoms with Crippen LogP contribution in [0.4, 0.5) is 0 Å². The molecule has 0 bridgehead atoms. The van der Waals surface area contributed by atoms with Gasteiger partial charge in [-0.1, -0.05) is 23.7 Å². The predicted molar refractivity (Wildman–Crippen MR) is 93.9 cm³/mol. The quantitative estimate of drug-likeness (QED) is 0.843. The number of halogens is 1. The molecule has 1 aromatic heterocycles. The number of benzene rings is 1. The van der Waals surface area contributed by atoms with E-state index < -0.39 is 10.0 Å². The van der Waals surface area contributed by atoms with Crippen molar-refractivity contribution in [1.29, 1.82) is 0 Å². The molecule has 25 heavy (non-hydrogen) atoms. The summed E-state index contributed by atoms with van der Waals surface area (Å²) in [7, 11) is -2.30. The molecular formula is C16H18ClN3O4S. The molecule has 9 heteroatoms. The lowest BCUT2D eigenvalue weighted by Crippen LogP contribution is -2.40. The van der Waals surface area contributed by atoms with E-state index in [1.165, 1.54) is 17.6 Å². The Morgan fingerprint density at radius 3 is 3.00 bits per heavy atom. The summed E-state index contributed by atoms with van der Waals surface area (Å²) < 4.78 is 32.3. The molecule has 1 saturated heterocycles. The van der Waals surface area contributed by atoms with Gasteiger partial charge in [-0.2, -0.15) is 4.31 Å². The standard InChI is InChI=1S/C16H18ClN3O4S/c1-24-10-15(21)19-12-5-6-20(9-12)25(22,23)14-4-2-3-11-7-18-8-13(17)16(11)14/h2-4,7-8,12H,5-6,9-10H2,1H3,(H,19,21). The van der Waals surface area contributed by atoms with Crippen LogP contribution in [0.3, 0.4) is 0 Å². The number of aromatic nitrogens is 1. The lowest BCUT2D eigenvalue weighted by molar-refractivity contribution is -0.125. The third-order valence-corrected chi connectivity index (χ3v) is 6.30. The Bertz CT molecular complexity index is 898. The zero-order chi connectivity index (χ0) is 18.0. The molecule has 7 nitrogen and oxygen atoms in total. The Balaban J connectivity index is 1.87. The zero-order valence-corrected chi connectivity index (χ0v) is 15.2. The first kappa shape index (κ1) is 18.1. The lowest BCUT2D eigenvalue weighted by Gasteiger charge is -2.18. The van der Waals surface area contributed by atoms with Gasteiger partial charge in [-0.15, -0.1) is 0 Å². The van der Waals surface area contributed by atoms with Crippen LogP contribution in [-0.2, 0) is 19.6 Å². The molecule has 1 N–H and O–H groups in total. The highest BCUT2D eigenvalue weighted by Gasteiger charge is 2.34. The van der Waals surface area contributed by atoms with Crippen LogP contribution in [0, 0.1) is 0 Å². The van der Waals surface area contributed by atoms with Crippen molar-refractivity contribution in [3.05, 3.63) is 35.6 Å². The summed E-state index contributed by atoms with van der Waals surface area (Å²) in [5.74, 6) is -0.258. The molecule has 2 aromatic rings. The number of amides is 1. The number of sulfonamides is 1. The van der Waals surface area contributed by atoms with Crippen molar-refractivity contribution >= 4 is 38.3 Å². The average molecular weight is 384 g/mol. The van der Waals surface area contributed by atoms with Crippen molar-refractivity contribution in [3.63, 3.8) is 0 Å². The van der Waals surface area contributed by atoms with E-state index in [-0.39, 0.29) is 30.0 Å². The molecular weight excluding hydrogens is 366 g/mol. The zero-order valence-electron chi connectivity index (χ0n) is 13.6. The van der Waals surface area contributed by atoms with Crippen molar-refractivity contribution in [2.24, 2.45) is 0 Å². The maximum atomic E-state index is 13.1. The second kappa shape index (κ2) is 7.25. The number of fused-ring (bicyclic) bond motifs is 1. The van der Waals surface area contributed by atoms with Gasteiger partial charge in [0.25, 0.3) is 0 Å². The molecule has 1 unspecified atom stereocenters. The Morgan fingerprint density at radius 1 is 1.44 bits per heavy atom. The summed E-state index contributed by atoms with van der Waals surface area (Å²) in [4.78, 5) is 15.8. The van der Waals surface area contributed by atoms with Crippen LogP contribution in [-0.4, -0.2) is 56.5 Å². The van der Waals surface area contributed by atoms with Gasteiger partial charge >= 0.3 is 0 Å². The second-order valence-electron chi connectivity index (χ2n) is 5.82. The van der Waals surface area contributed by atoms with E-state index in [9.17, 15) is 13.2 Å². The molecule has 2 heterocycles. The molecule has 0 aliphatic carbocycles. The van der Waals surface area contributed by atoms with Crippen molar-refractivity contribution in [1.82, 2.24) is 14.6 Å². The first-order valence-electron chi connectivity index (χ1n) is 7.74. The minimum absolute atomic E-state index is 0.0464. The van der Waals surface area contributed by atoms with Crippen LogP contribution in [0.5, 0.6) is 0 Å². The number of nitrogens with one attached hydrogen (secondary N) is 1. The van der Waals surface area contributed by atoms with Gasteiger partial charge in [0.05, 0.1) is 9.92 Å². The van der Waals surface area contributed by atoms with Gasteiger partial charge < -0.3 is 10.1 Å². The molecule has 1 aromatic carbocycles. The topological polar surface area (TPSA) is 88.6 Å². The highest BCUT2D eigenvalue weighted by molar-refractivity contribution is 7.89. The Kier molecular flexibility index (Phi) is 5.24. The van der Waals surface area contributed by atoms with E-state index in [2.05, 4.69) is 10.3 Å². The predicted octanol–water partition coefficient (Wildman–Crippen LogP) is 1.41. The summed E-state index contributed by atoms with van der Waals surface area (Å²) in [6, 6.07) is 4.75. The largest absolute Gasteiger partial charge is 0.375 e. The Hall–Kier alpha value is -1.74. The van der Waals surface area contributed by atoms with Gasteiger partial charge in [0.1, 0.15) is 6.61 Å². The number of carbonyl (C=O) groups excluding carboxylic acids is 1. The van der Waals surface area contributed by atoms with E-state index in [0.717, 1.165) is 0 Å². The minimum atomic E-state index is -3.73. The molecule has 0 radical (unpaired) electrons. The van der Waals surface area contributed by atoms with Gasteiger partial charge in [-0.05, 0) is 12.5 Å². The third-order valence-electron chi connectivity index (χ3n) is 4.11. The molecule has 0 spiro atoms. The molecule has 1 atom stereocenters. The Morgan fingerprint density at radius 2 is 2.24 bits per heavy atom. The molecule has 1 fully saturated rings. The first-order chi connectivity index (χ1) is 11.9. The number of methoxy groups -OCH3 is 1. The number of rotatable bonds is 5. The van der Waals surface area contributed by atoms with Crippen LogP contribution in [0.25, 0.3) is 10.8 Å². The minimum Gasteiger partial charge on any atom is -0.375 e. The van der Waals surface area contributed by atoms with Crippen molar-refractivity contribution in [3.8, 4) is 0 Å². The van der Waals surface area contributed by atoms with E-state index in [0.29, 0.717) is 28.8 Å². The fourth-order valence-electron chi connectivity index (χ4n) is 2.98. The normalized spacial score (nSPS) is 18.6. The SMILES string of the molecule is COCC(=O)NC1CCN(S(=O)(=O)c2cccc3cncc(Cl)c23)C1. The number of hydrogen-bond donors (Lipinski definition) is 1. The number of ether oxygens (including phenoxy) is 1. The van der Waals surface area contributed by atoms with E-state index >= 15 is 0 Å². The Labute approximate surface area is 151 Å². The van der Waals surface area contributed by atoms with Crippen molar-refractivity contribution in [2.75, 3.05) is 26.8 Å². The van der Waals surface area contributed by atoms with E-state index in [1.807, 2.05) is 0 Å². The number of carbonyl (C=O) groups is 1. The summed E-state index contributed by atoms with van der Waals surface area (Å²) >= 11 is 6.19. The van der Waals surface area contributed by atoms with Crippen LogP contribution in [0.1, 0.15) is 6.42 Å². The van der Waals surface area contributed by atoms with E-state index in [1.54, 1.807) is 24.4 Å². The summed E-state index contributed by atoms with van der Waals surface area (Å²) in [6.45, 7) is 0.505. The van der Waals surface area contributed by atoms with Crippen LogP contribution < -0.4 is 5.32 Å². The fraction of sp³-hybridized carbons (Fsp3) is 0.375. The van der Waals surface area contributed by atoms with Gasteiger partial charge in [-0.3, -0.25) is 9.78 Å². The van der Waals surface area contributed by atoms with Gasteiger partial charge in [0.2, 0.25) is 15.9 Å². The number of nitrogens with zero attached hydrogens (tertiary/aromatic N) is 2. The van der Waals surface area contributed by atoms with Crippen molar-refractivity contribution < 1.29 is 17.9 Å². The summed E-state index contributed by atoms with van der Waals surface area (Å²) in [6.07, 6.45) is 3.56. The van der Waals surface area contributed by atoms with Gasteiger partial charge in [-0.25, -0.2) is 8.42 Å². The summed E-state index contributed by atoms with van der Waals surface area (Å²) in [5, 5.41) is 4.20. The molecule has 3 rings (SSSR count). The fourth-order valence-corrected chi connectivity index (χ4v) is 5.04. The highest BCUT2D eigenvalue weighted by Crippen LogP contribution is 2.32. The maximum Gasteiger partial charge on any atom is 0.246 e. The molecule has 134 valence electrons. The van der Waals surface area contributed by atoms with Crippen molar-refractivity contribution in [2.45, 2.75) is 17.4 Å². The monoisotopic (exact) mass is 383 g/mol. The highest BCUT2D eigenvalue weighted by atomic mass is 35.5. The first-order valence-corrected chi connectivity index (χ1v) is 9.56. The molecule has 1 aliphatic heterocycles. The lowest BCUT2D eigenvalue weighted by atomic mass is 10.2. The summed E-state index contributed by atoms with van der Waals surface area (Å²) in [5.41, 5.74) is 0. The number of hydrogen-bond acceptors (Lipinski definition) is 5. The molecule has 1 aliphatic rings. The number of pyridine rings is 1. The molecule has 1 amide bonds.